The maximum Gasteiger partial charge on any atom is 0.235 e. The molecule has 3 rings (SSSR count). The van der Waals surface area contributed by atoms with Crippen molar-refractivity contribution >= 4 is 6.08 Å². The van der Waals surface area contributed by atoms with Gasteiger partial charge in [0.15, 0.2) is 0 Å². The average Bonchev–Trinajstić information content (AvgIpc) is 2.71. The third kappa shape index (κ3) is 1.27. The molecule has 1 aromatic carbocycles. The molecule has 1 saturated carbocycles. The zero-order valence-electron chi connectivity index (χ0n) is 9.33. The van der Waals surface area contributed by atoms with Gasteiger partial charge in [-0.1, -0.05) is 18.2 Å². The van der Waals surface area contributed by atoms with E-state index in [0.29, 0.717) is 0 Å². The third-order valence-corrected chi connectivity index (χ3v) is 4.09. The number of fused-ring (bicyclic) bond motifs is 1. The number of aryl methyl sites for hydroxylation is 1. The molecule has 2 heteroatoms. The Morgan fingerprint density at radius 3 is 2.75 bits per heavy atom. The fourth-order valence-electron chi connectivity index (χ4n) is 3.10. The summed E-state index contributed by atoms with van der Waals surface area (Å²) in [7, 11) is 0. The molecule has 1 aromatic rings. The lowest BCUT2D eigenvalue weighted by molar-refractivity contribution is 0.254. The van der Waals surface area contributed by atoms with E-state index in [1.54, 1.807) is 6.08 Å². The molecule has 0 aromatic heterocycles. The van der Waals surface area contributed by atoms with Crippen LogP contribution in [0.1, 0.15) is 42.4 Å². The minimum Gasteiger partial charge on any atom is -0.211 e. The van der Waals surface area contributed by atoms with Crippen molar-refractivity contribution in [2.24, 2.45) is 4.99 Å². The van der Waals surface area contributed by atoms with Crippen LogP contribution in [-0.4, -0.2) is 6.08 Å². The summed E-state index contributed by atoms with van der Waals surface area (Å²) < 4.78 is 0. The molecular weight excluding hydrogens is 198 g/mol. The Morgan fingerprint density at radius 2 is 2.06 bits per heavy atom. The maximum absolute atomic E-state index is 10.6. The zero-order chi connectivity index (χ0) is 11.0. The number of isocyanates is 1. The second-order valence-corrected chi connectivity index (χ2v) is 4.89. The number of hydrogen-bond donors (Lipinski definition) is 0. The first-order valence-corrected chi connectivity index (χ1v) is 6.06. The van der Waals surface area contributed by atoms with Crippen molar-refractivity contribution in [2.45, 2.75) is 44.1 Å². The zero-order valence-corrected chi connectivity index (χ0v) is 9.33. The van der Waals surface area contributed by atoms with Gasteiger partial charge in [0.25, 0.3) is 0 Å². The van der Waals surface area contributed by atoms with E-state index >= 15 is 0 Å². The molecule has 1 fully saturated rings. The Labute approximate surface area is 95.4 Å². The summed E-state index contributed by atoms with van der Waals surface area (Å²) in [4.78, 5) is 14.7. The first kappa shape index (κ1) is 9.80. The van der Waals surface area contributed by atoms with E-state index in [4.69, 9.17) is 0 Å². The minimum atomic E-state index is -0.211. The van der Waals surface area contributed by atoms with Crippen LogP contribution in [0.5, 0.6) is 0 Å². The summed E-state index contributed by atoms with van der Waals surface area (Å²) in [5.41, 5.74) is 4.01. The predicted octanol–water partition coefficient (Wildman–Crippen LogP) is 2.89. The van der Waals surface area contributed by atoms with E-state index in [-0.39, 0.29) is 5.54 Å². The standard InChI is InChI=1S/C14H15NO/c16-10-15-14(8-3-9-14)13-7-2-5-11-4-1-6-12(11)13/h2,5,7H,1,3-4,6,8-9H2. The van der Waals surface area contributed by atoms with Crippen molar-refractivity contribution in [1.29, 1.82) is 0 Å². The Hall–Kier alpha value is -1.40. The molecule has 2 nitrogen and oxygen atoms in total. The van der Waals surface area contributed by atoms with Crippen LogP contribution in [0.25, 0.3) is 0 Å². The maximum atomic E-state index is 10.6. The minimum absolute atomic E-state index is 0.211. The summed E-state index contributed by atoms with van der Waals surface area (Å²) >= 11 is 0. The fraction of sp³-hybridized carbons (Fsp3) is 0.500. The van der Waals surface area contributed by atoms with Crippen LogP contribution in [0.4, 0.5) is 0 Å². The van der Waals surface area contributed by atoms with Crippen molar-refractivity contribution in [3.63, 3.8) is 0 Å². The van der Waals surface area contributed by atoms with Crippen molar-refractivity contribution in [3.05, 3.63) is 34.9 Å². The van der Waals surface area contributed by atoms with Gasteiger partial charge in [-0.15, -0.1) is 0 Å². The predicted molar refractivity (Wildman–Crippen MR) is 62.1 cm³/mol. The molecule has 2 aliphatic rings. The SMILES string of the molecule is O=C=NC1(c2cccc3c2CCC3)CCC1. The van der Waals surface area contributed by atoms with Crippen molar-refractivity contribution in [2.75, 3.05) is 0 Å². The Kier molecular flexibility index (Phi) is 2.19. The average molecular weight is 213 g/mol. The molecule has 0 saturated heterocycles. The normalized spacial score (nSPS) is 20.8. The first-order valence-electron chi connectivity index (χ1n) is 6.06. The molecule has 0 N–H and O–H groups in total. The molecule has 0 spiro atoms. The fourth-order valence-corrected chi connectivity index (χ4v) is 3.10. The Balaban J connectivity index is 2.12. The van der Waals surface area contributed by atoms with Gasteiger partial charge in [-0.2, -0.15) is 4.99 Å². The lowest BCUT2D eigenvalue weighted by Crippen LogP contribution is -2.33. The van der Waals surface area contributed by atoms with Crippen LogP contribution in [0, 0.1) is 0 Å². The molecule has 0 heterocycles. The molecule has 2 aliphatic carbocycles. The quantitative estimate of drug-likeness (QED) is 0.548. The van der Waals surface area contributed by atoms with E-state index in [1.165, 1.54) is 36.0 Å². The van der Waals surface area contributed by atoms with E-state index < -0.39 is 0 Å². The van der Waals surface area contributed by atoms with Gasteiger partial charge in [0.1, 0.15) is 0 Å². The summed E-state index contributed by atoms with van der Waals surface area (Å²) in [5, 5.41) is 0. The smallest absolute Gasteiger partial charge is 0.211 e. The van der Waals surface area contributed by atoms with Crippen LogP contribution < -0.4 is 0 Å². The third-order valence-electron chi connectivity index (χ3n) is 4.09. The van der Waals surface area contributed by atoms with Gasteiger partial charge in [0.2, 0.25) is 6.08 Å². The van der Waals surface area contributed by atoms with Crippen LogP contribution in [0.15, 0.2) is 23.2 Å². The second kappa shape index (κ2) is 3.57. The van der Waals surface area contributed by atoms with Gasteiger partial charge in [-0.05, 0) is 55.2 Å². The van der Waals surface area contributed by atoms with Gasteiger partial charge >= 0.3 is 0 Å². The monoisotopic (exact) mass is 213 g/mol. The second-order valence-electron chi connectivity index (χ2n) is 4.89. The summed E-state index contributed by atoms with van der Waals surface area (Å²) in [6, 6.07) is 6.48. The van der Waals surface area contributed by atoms with Crippen LogP contribution in [0.3, 0.4) is 0 Å². The van der Waals surface area contributed by atoms with E-state index in [2.05, 4.69) is 23.2 Å². The molecule has 82 valence electrons. The molecule has 16 heavy (non-hydrogen) atoms. The highest BCUT2D eigenvalue weighted by atomic mass is 16.1. The summed E-state index contributed by atoms with van der Waals surface area (Å²) in [6.07, 6.45) is 8.56. The van der Waals surface area contributed by atoms with Gasteiger partial charge in [-0.25, -0.2) is 4.79 Å². The van der Waals surface area contributed by atoms with E-state index in [9.17, 15) is 4.79 Å². The highest BCUT2D eigenvalue weighted by Crippen LogP contribution is 2.47. The topological polar surface area (TPSA) is 29.4 Å². The highest BCUT2D eigenvalue weighted by Gasteiger charge is 2.41. The summed E-state index contributed by atoms with van der Waals surface area (Å²) in [6.45, 7) is 0. The summed E-state index contributed by atoms with van der Waals surface area (Å²) in [5.74, 6) is 0. The van der Waals surface area contributed by atoms with Crippen molar-refractivity contribution < 1.29 is 4.79 Å². The number of aliphatic imine (C=N–C) groups is 1. The van der Waals surface area contributed by atoms with E-state index in [1.807, 2.05) is 0 Å². The Morgan fingerprint density at radius 1 is 1.19 bits per heavy atom. The lowest BCUT2D eigenvalue weighted by Gasteiger charge is -2.38. The highest BCUT2D eigenvalue weighted by molar-refractivity contribution is 5.46. The molecule has 0 aliphatic heterocycles. The lowest BCUT2D eigenvalue weighted by atomic mass is 9.70. The number of nitrogens with zero attached hydrogens (tertiary/aromatic N) is 1. The van der Waals surface area contributed by atoms with Gasteiger partial charge in [0, 0.05) is 0 Å². The molecule has 0 atom stereocenters. The largest absolute Gasteiger partial charge is 0.235 e. The number of carbonyl (C=O) groups excluding carboxylic acids is 1. The molecule has 0 unspecified atom stereocenters. The van der Waals surface area contributed by atoms with Crippen LogP contribution in [-0.2, 0) is 23.2 Å². The first-order chi connectivity index (χ1) is 7.86. The molecule has 0 amide bonds. The van der Waals surface area contributed by atoms with Crippen LogP contribution >= 0.6 is 0 Å². The Bertz CT molecular complexity index is 468. The molecule has 0 bridgehead atoms. The number of benzene rings is 1. The molecular formula is C14H15NO. The molecule has 0 radical (unpaired) electrons. The number of hydrogen-bond acceptors (Lipinski definition) is 2. The van der Waals surface area contributed by atoms with Gasteiger partial charge in [-0.3, -0.25) is 0 Å². The van der Waals surface area contributed by atoms with Crippen molar-refractivity contribution in [3.8, 4) is 0 Å². The van der Waals surface area contributed by atoms with Crippen molar-refractivity contribution in [1.82, 2.24) is 0 Å². The van der Waals surface area contributed by atoms with E-state index in [0.717, 1.165) is 19.3 Å². The number of rotatable bonds is 2. The van der Waals surface area contributed by atoms with Gasteiger partial charge in [0.05, 0.1) is 5.54 Å². The van der Waals surface area contributed by atoms with Gasteiger partial charge < -0.3 is 0 Å². The van der Waals surface area contributed by atoms with Crippen LogP contribution in [0.2, 0.25) is 0 Å².